The molecule has 2 N–H and O–H groups in total. The molecular formula is C11H19N3O5S. The molecule has 1 unspecified atom stereocenters. The summed E-state index contributed by atoms with van der Waals surface area (Å²) in [5, 5.41) is 14.8. The van der Waals surface area contributed by atoms with Gasteiger partial charge >= 0.3 is 0 Å². The normalized spacial score (nSPS) is 23.5. The van der Waals surface area contributed by atoms with E-state index in [9.17, 15) is 19.7 Å². The van der Waals surface area contributed by atoms with Gasteiger partial charge in [-0.1, -0.05) is 0 Å². The van der Waals surface area contributed by atoms with Crippen LogP contribution in [0.15, 0.2) is 0 Å². The van der Waals surface area contributed by atoms with Crippen LogP contribution in [0.3, 0.4) is 0 Å². The Hall–Kier alpha value is -1.51. The molecule has 0 heterocycles. The van der Waals surface area contributed by atoms with Gasteiger partial charge in [0.25, 0.3) is 5.09 Å². The van der Waals surface area contributed by atoms with Crippen LogP contribution in [0.1, 0.15) is 32.6 Å². The van der Waals surface area contributed by atoms with Crippen LogP contribution in [0.5, 0.6) is 0 Å². The maximum Gasteiger partial charge on any atom is 0.294 e. The summed E-state index contributed by atoms with van der Waals surface area (Å²) in [6.07, 6.45) is 1.89. The lowest BCUT2D eigenvalue weighted by Gasteiger charge is -2.29. The van der Waals surface area contributed by atoms with E-state index in [1.807, 2.05) is 0 Å². The first-order valence-electron chi connectivity index (χ1n) is 6.42. The lowest BCUT2D eigenvalue weighted by atomic mass is 9.93. The van der Waals surface area contributed by atoms with Gasteiger partial charge in [-0.2, -0.15) is 12.6 Å². The third kappa shape index (κ3) is 5.64. The second-order valence-electron chi connectivity index (χ2n) is 4.75. The molecule has 0 bridgehead atoms. The van der Waals surface area contributed by atoms with E-state index in [-0.39, 0.29) is 23.6 Å². The Morgan fingerprint density at radius 3 is 2.45 bits per heavy atom. The number of thiol groups is 1. The van der Waals surface area contributed by atoms with Crippen LogP contribution in [0.4, 0.5) is 0 Å². The number of carbonyl (C=O) groups is 2. The van der Waals surface area contributed by atoms with Crippen LogP contribution in [0.25, 0.3) is 0 Å². The Kier molecular flexibility index (Phi) is 6.56. The van der Waals surface area contributed by atoms with Crippen molar-refractivity contribution in [2.75, 3.05) is 5.75 Å². The lowest BCUT2D eigenvalue weighted by molar-refractivity contribution is -0.769. The minimum absolute atomic E-state index is 0.0507. The zero-order valence-electron chi connectivity index (χ0n) is 11.2. The van der Waals surface area contributed by atoms with Crippen LogP contribution in [-0.2, 0) is 14.4 Å². The van der Waals surface area contributed by atoms with E-state index in [1.54, 1.807) is 0 Å². The van der Waals surface area contributed by atoms with Gasteiger partial charge in [0.1, 0.15) is 12.1 Å². The van der Waals surface area contributed by atoms with Crippen LogP contribution < -0.4 is 10.6 Å². The molecule has 1 saturated carbocycles. The molecule has 9 heteroatoms. The first-order valence-corrected chi connectivity index (χ1v) is 7.05. The molecule has 1 fully saturated rings. The van der Waals surface area contributed by atoms with Crippen molar-refractivity contribution in [3.63, 3.8) is 0 Å². The highest BCUT2D eigenvalue weighted by Gasteiger charge is 2.26. The minimum Gasteiger partial charge on any atom is -0.352 e. The SMILES string of the molecule is CC(=O)NC(CS)C(=O)NC1CCC(O[N+](=O)[O-])CC1. The van der Waals surface area contributed by atoms with Crippen molar-refractivity contribution in [1.29, 1.82) is 0 Å². The quantitative estimate of drug-likeness (QED) is 0.365. The van der Waals surface area contributed by atoms with Crippen LogP contribution in [0, 0.1) is 10.1 Å². The summed E-state index contributed by atoms with van der Waals surface area (Å²) >= 11 is 4.03. The second-order valence-corrected chi connectivity index (χ2v) is 5.11. The van der Waals surface area contributed by atoms with Gasteiger partial charge in [-0.3, -0.25) is 9.59 Å². The number of nitrogens with zero attached hydrogens (tertiary/aromatic N) is 1. The molecule has 1 aliphatic carbocycles. The monoisotopic (exact) mass is 305 g/mol. The van der Waals surface area contributed by atoms with E-state index < -0.39 is 17.2 Å². The van der Waals surface area contributed by atoms with Gasteiger partial charge < -0.3 is 15.5 Å². The van der Waals surface area contributed by atoms with Gasteiger partial charge in [-0.25, -0.2) is 0 Å². The largest absolute Gasteiger partial charge is 0.352 e. The van der Waals surface area contributed by atoms with E-state index in [0.717, 1.165) is 0 Å². The topological polar surface area (TPSA) is 111 Å². The molecule has 1 aliphatic rings. The molecule has 0 saturated heterocycles. The molecule has 0 radical (unpaired) electrons. The third-order valence-corrected chi connectivity index (χ3v) is 3.50. The standard InChI is InChI=1S/C11H19N3O5S/c1-7(15)12-10(6-20)11(16)13-8-2-4-9(5-3-8)19-14(17)18/h8-10,20H,2-6H2,1H3,(H,12,15)(H,13,16). The highest BCUT2D eigenvalue weighted by atomic mass is 32.1. The second kappa shape index (κ2) is 7.93. The summed E-state index contributed by atoms with van der Waals surface area (Å²) in [4.78, 5) is 37.6. The fourth-order valence-corrected chi connectivity index (χ4v) is 2.43. The smallest absolute Gasteiger partial charge is 0.294 e. The molecule has 0 aromatic heterocycles. The summed E-state index contributed by atoms with van der Waals surface area (Å²) in [5.74, 6) is -0.360. The summed E-state index contributed by atoms with van der Waals surface area (Å²) in [5.41, 5.74) is 0. The fraction of sp³-hybridized carbons (Fsp3) is 0.818. The van der Waals surface area contributed by atoms with Gasteiger partial charge in [0.05, 0.1) is 0 Å². The van der Waals surface area contributed by atoms with E-state index >= 15 is 0 Å². The summed E-state index contributed by atoms with van der Waals surface area (Å²) < 4.78 is 0. The van der Waals surface area contributed by atoms with Crippen LogP contribution >= 0.6 is 12.6 Å². The lowest BCUT2D eigenvalue weighted by Crippen LogP contribution is -2.51. The van der Waals surface area contributed by atoms with Crippen molar-refractivity contribution < 1.29 is 19.5 Å². The number of amides is 2. The first-order chi connectivity index (χ1) is 9.42. The molecule has 1 atom stereocenters. The molecular weight excluding hydrogens is 286 g/mol. The molecule has 8 nitrogen and oxygen atoms in total. The highest BCUT2D eigenvalue weighted by Crippen LogP contribution is 2.21. The van der Waals surface area contributed by atoms with Crippen molar-refractivity contribution in [3.8, 4) is 0 Å². The number of rotatable bonds is 6. The fourth-order valence-electron chi connectivity index (χ4n) is 2.18. The predicted octanol–water partition coefficient (Wildman–Crippen LogP) is 0.0566. The molecule has 0 aromatic rings. The average molecular weight is 305 g/mol. The Morgan fingerprint density at radius 2 is 2.00 bits per heavy atom. The van der Waals surface area contributed by atoms with Crippen LogP contribution in [0.2, 0.25) is 0 Å². The van der Waals surface area contributed by atoms with Gasteiger partial charge in [0.15, 0.2) is 0 Å². The predicted molar refractivity (Wildman–Crippen MR) is 73.7 cm³/mol. The Morgan fingerprint density at radius 1 is 1.40 bits per heavy atom. The van der Waals surface area contributed by atoms with Crippen molar-refractivity contribution in [3.05, 3.63) is 10.1 Å². The maximum absolute atomic E-state index is 11.9. The van der Waals surface area contributed by atoms with Crippen molar-refractivity contribution in [2.45, 2.75) is 50.8 Å². The van der Waals surface area contributed by atoms with Gasteiger partial charge in [-0.05, 0) is 25.7 Å². The Bertz CT molecular complexity index is 371. The van der Waals surface area contributed by atoms with Crippen molar-refractivity contribution >= 4 is 24.4 Å². The summed E-state index contributed by atoms with van der Waals surface area (Å²) in [6.45, 7) is 1.34. The number of hydrogen-bond acceptors (Lipinski definition) is 6. The third-order valence-electron chi connectivity index (χ3n) is 3.13. The molecule has 2 amide bonds. The zero-order chi connectivity index (χ0) is 15.1. The van der Waals surface area contributed by atoms with E-state index in [1.165, 1.54) is 6.92 Å². The first kappa shape index (κ1) is 16.5. The highest BCUT2D eigenvalue weighted by molar-refractivity contribution is 7.80. The molecule has 20 heavy (non-hydrogen) atoms. The van der Waals surface area contributed by atoms with Gasteiger partial charge in [0.2, 0.25) is 11.8 Å². The summed E-state index contributed by atoms with van der Waals surface area (Å²) in [6, 6.07) is -0.714. The molecule has 114 valence electrons. The Labute approximate surface area is 122 Å². The number of nitrogens with one attached hydrogen (secondary N) is 2. The van der Waals surface area contributed by atoms with E-state index in [2.05, 4.69) is 28.1 Å². The molecule has 0 aromatic carbocycles. The summed E-state index contributed by atoms with van der Waals surface area (Å²) in [7, 11) is 0. The van der Waals surface area contributed by atoms with E-state index in [0.29, 0.717) is 25.7 Å². The van der Waals surface area contributed by atoms with Crippen LogP contribution in [-0.4, -0.2) is 40.8 Å². The maximum atomic E-state index is 11.9. The zero-order valence-corrected chi connectivity index (χ0v) is 12.1. The number of hydrogen-bond donors (Lipinski definition) is 3. The van der Waals surface area contributed by atoms with Gasteiger partial charge in [-0.15, -0.1) is 10.1 Å². The molecule has 0 aliphatic heterocycles. The molecule has 0 spiro atoms. The average Bonchev–Trinajstić information content (AvgIpc) is 2.37. The Balaban J connectivity index is 2.37. The van der Waals surface area contributed by atoms with Gasteiger partial charge in [0, 0.05) is 18.7 Å². The van der Waals surface area contributed by atoms with E-state index in [4.69, 9.17) is 0 Å². The molecule has 1 rings (SSSR count). The van der Waals surface area contributed by atoms with Crippen molar-refractivity contribution in [2.24, 2.45) is 0 Å². The van der Waals surface area contributed by atoms with Crippen molar-refractivity contribution in [1.82, 2.24) is 10.6 Å². The minimum atomic E-state index is -0.780. The number of carbonyl (C=O) groups excluding carboxylic acids is 2.